The molecule has 8 heteroatoms. The zero-order chi connectivity index (χ0) is 18.7. The van der Waals surface area contributed by atoms with Crippen LogP contribution in [-0.4, -0.2) is 50.7 Å². The van der Waals surface area contributed by atoms with Gasteiger partial charge in [0.1, 0.15) is 0 Å². The van der Waals surface area contributed by atoms with Gasteiger partial charge in [0.05, 0.1) is 0 Å². The maximum Gasteiger partial charge on any atom is 0.225 e. The van der Waals surface area contributed by atoms with E-state index in [-0.39, 0.29) is 12.1 Å². The molecule has 24 heavy (non-hydrogen) atoms. The third-order valence-corrected chi connectivity index (χ3v) is 2.75. The Morgan fingerprint density at radius 1 is 1.08 bits per heavy atom. The molecule has 140 valence electrons. The Balaban J connectivity index is 0.000000492. The summed E-state index contributed by atoms with van der Waals surface area (Å²) in [6.45, 7) is 9.29. The van der Waals surface area contributed by atoms with Crippen molar-refractivity contribution in [3.63, 3.8) is 0 Å². The van der Waals surface area contributed by atoms with Gasteiger partial charge in [0.2, 0.25) is 11.2 Å². The first-order valence-electron chi connectivity index (χ1n) is 7.80. The fourth-order valence-electron chi connectivity index (χ4n) is 1.63. The molecule has 1 aromatic heterocycles. The fraction of sp³-hybridized carbons (Fsp3) is 0.625. The summed E-state index contributed by atoms with van der Waals surface area (Å²) in [5, 5.41) is 34.2. The summed E-state index contributed by atoms with van der Waals surface area (Å²) < 4.78 is 9.55. The number of aliphatic hydroxyl groups is 2. The maximum absolute atomic E-state index is 9.50. The molecule has 2 rings (SSSR count). The molecule has 0 saturated carbocycles. The van der Waals surface area contributed by atoms with Gasteiger partial charge in [-0.3, -0.25) is 9.15 Å². The molecule has 0 fully saturated rings. The van der Waals surface area contributed by atoms with E-state index >= 15 is 0 Å². The summed E-state index contributed by atoms with van der Waals surface area (Å²) in [5.74, 6) is 0. The second-order valence-corrected chi connectivity index (χ2v) is 5.56. The van der Waals surface area contributed by atoms with Gasteiger partial charge in [-0.2, -0.15) is 5.06 Å². The number of benzene rings is 1. The third-order valence-electron chi connectivity index (χ3n) is 2.75. The topological polar surface area (TPSA) is 120 Å². The van der Waals surface area contributed by atoms with Crippen molar-refractivity contribution in [2.24, 2.45) is 0 Å². The average molecular weight is 347 g/mol. The Morgan fingerprint density at radius 3 is 1.92 bits per heavy atom. The third kappa shape index (κ3) is 9.66. The highest BCUT2D eigenvalue weighted by atomic mass is 17.1. The van der Waals surface area contributed by atoms with E-state index < -0.39 is 6.29 Å². The van der Waals surface area contributed by atoms with E-state index in [4.69, 9.17) is 24.6 Å². The van der Waals surface area contributed by atoms with Crippen LogP contribution in [0.5, 0.6) is 0 Å². The highest BCUT2D eigenvalue weighted by Crippen LogP contribution is 2.20. The quantitative estimate of drug-likeness (QED) is 0.370. The summed E-state index contributed by atoms with van der Waals surface area (Å²) in [5.41, 5.74) is 2.69. The summed E-state index contributed by atoms with van der Waals surface area (Å²) >= 11 is 0. The van der Waals surface area contributed by atoms with Crippen molar-refractivity contribution < 1.29 is 34.7 Å². The normalized spacial score (nSPS) is 13.3. The van der Waals surface area contributed by atoms with Crippen molar-refractivity contribution in [1.29, 1.82) is 0 Å². The standard InChI is InChI=1S/C11H15NO3.C3H8O.C2H6O3/c1-3-12(13)8(2)6-9-4-5-10-11(7-9)15-14-10;1-3(2)4;1-2(3)5-4/h4-5,7-8,13H,3,6H2,1-2H3;3-4H,1-2H3;2-4H,1H3. The predicted octanol–water partition coefficient (Wildman–Crippen LogP) is 2.87. The van der Waals surface area contributed by atoms with Crippen LogP contribution in [0.25, 0.3) is 11.2 Å². The Labute approximate surface area is 141 Å². The molecule has 0 aliphatic rings. The summed E-state index contributed by atoms with van der Waals surface area (Å²) in [6, 6.07) is 5.92. The van der Waals surface area contributed by atoms with E-state index in [0.29, 0.717) is 6.54 Å². The highest BCUT2D eigenvalue weighted by Gasteiger charge is 2.12. The second-order valence-electron chi connectivity index (χ2n) is 5.56. The van der Waals surface area contributed by atoms with Gasteiger partial charge in [0, 0.05) is 18.7 Å². The van der Waals surface area contributed by atoms with Crippen molar-refractivity contribution in [1.82, 2.24) is 5.06 Å². The lowest BCUT2D eigenvalue weighted by Crippen LogP contribution is -2.31. The van der Waals surface area contributed by atoms with Gasteiger partial charge in [-0.25, -0.2) is 10.1 Å². The van der Waals surface area contributed by atoms with E-state index in [2.05, 4.69) is 4.89 Å². The molecule has 2 unspecified atom stereocenters. The molecule has 0 aliphatic heterocycles. The monoisotopic (exact) mass is 347 g/mol. The lowest BCUT2D eigenvalue weighted by molar-refractivity contribution is -0.327. The van der Waals surface area contributed by atoms with Crippen LogP contribution in [-0.2, 0) is 11.3 Å². The average Bonchev–Trinajstić information content (AvgIpc) is 2.49. The fourth-order valence-corrected chi connectivity index (χ4v) is 1.63. The molecule has 8 nitrogen and oxygen atoms in total. The molecule has 2 atom stereocenters. The Morgan fingerprint density at radius 2 is 1.58 bits per heavy atom. The lowest BCUT2D eigenvalue weighted by Gasteiger charge is -2.20. The number of aliphatic hydroxyl groups excluding tert-OH is 2. The van der Waals surface area contributed by atoms with Crippen molar-refractivity contribution in [3.05, 3.63) is 23.8 Å². The minimum absolute atomic E-state index is 0.106. The smallest absolute Gasteiger partial charge is 0.225 e. The molecule has 4 N–H and O–H groups in total. The molecule has 0 bridgehead atoms. The van der Waals surface area contributed by atoms with Crippen LogP contribution < -0.4 is 0 Å². The first-order valence-corrected chi connectivity index (χ1v) is 7.80. The molecule has 2 aromatic rings. The molecule has 0 spiro atoms. The van der Waals surface area contributed by atoms with Crippen molar-refractivity contribution in [2.45, 2.75) is 59.5 Å². The van der Waals surface area contributed by atoms with Crippen LogP contribution in [0.2, 0.25) is 0 Å². The minimum atomic E-state index is -1.06. The molecule has 1 aromatic carbocycles. The molecule has 0 aliphatic carbocycles. The predicted molar refractivity (Wildman–Crippen MR) is 88.6 cm³/mol. The number of hydrogen-bond donors (Lipinski definition) is 4. The van der Waals surface area contributed by atoms with Gasteiger partial charge >= 0.3 is 0 Å². The van der Waals surface area contributed by atoms with Crippen molar-refractivity contribution in [3.8, 4) is 0 Å². The molecule has 1 heterocycles. The zero-order valence-corrected chi connectivity index (χ0v) is 14.8. The van der Waals surface area contributed by atoms with Gasteiger partial charge in [-0.15, -0.1) is 0 Å². The summed E-state index contributed by atoms with van der Waals surface area (Å²) in [6.07, 6.45) is -0.434. The number of nitrogens with zero attached hydrogens (tertiary/aromatic N) is 1. The van der Waals surface area contributed by atoms with Crippen LogP contribution in [0.4, 0.5) is 0 Å². The summed E-state index contributed by atoms with van der Waals surface area (Å²) in [4.78, 5) is 3.31. The van der Waals surface area contributed by atoms with Gasteiger partial charge in [-0.05, 0) is 51.8 Å². The van der Waals surface area contributed by atoms with Crippen LogP contribution in [0.15, 0.2) is 27.4 Å². The molecule has 0 amide bonds. The van der Waals surface area contributed by atoms with E-state index in [1.54, 1.807) is 13.8 Å². The number of likely N-dealkylation sites (N-methyl/N-ethyl adjacent to an activating group) is 1. The largest absolute Gasteiger partial charge is 0.394 e. The van der Waals surface area contributed by atoms with Gasteiger partial charge < -0.3 is 15.4 Å². The van der Waals surface area contributed by atoms with E-state index in [0.717, 1.165) is 23.2 Å². The van der Waals surface area contributed by atoms with Gasteiger partial charge in [-0.1, -0.05) is 13.0 Å². The minimum Gasteiger partial charge on any atom is -0.394 e. The first kappa shape index (κ1) is 22.6. The van der Waals surface area contributed by atoms with E-state index in [9.17, 15) is 5.21 Å². The molecule has 0 saturated heterocycles. The first-order chi connectivity index (χ1) is 11.2. The zero-order valence-electron chi connectivity index (χ0n) is 14.8. The Hall–Kier alpha value is -1.42. The van der Waals surface area contributed by atoms with Crippen LogP contribution in [0.1, 0.15) is 40.2 Å². The lowest BCUT2D eigenvalue weighted by atomic mass is 10.1. The maximum atomic E-state index is 9.50. The van der Waals surface area contributed by atoms with Gasteiger partial charge in [0.25, 0.3) is 0 Å². The molecular weight excluding hydrogens is 318 g/mol. The van der Waals surface area contributed by atoms with Gasteiger partial charge in [0.15, 0.2) is 6.29 Å². The van der Waals surface area contributed by atoms with Crippen LogP contribution in [0, 0.1) is 0 Å². The number of fused-ring (bicyclic) bond motifs is 1. The van der Waals surface area contributed by atoms with Crippen LogP contribution in [0.3, 0.4) is 0 Å². The Kier molecular flexibility index (Phi) is 11.3. The van der Waals surface area contributed by atoms with E-state index in [1.807, 2.05) is 32.0 Å². The number of hydrogen-bond acceptors (Lipinski definition) is 8. The second kappa shape index (κ2) is 12.0. The highest BCUT2D eigenvalue weighted by molar-refractivity contribution is 5.71. The van der Waals surface area contributed by atoms with E-state index in [1.165, 1.54) is 12.0 Å². The SMILES string of the molecule is CC(C)O.CC(O)OO.CCN(O)C(C)Cc1ccc2ooc2c1. The Bertz CT molecular complexity index is 532. The summed E-state index contributed by atoms with van der Waals surface area (Å²) in [7, 11) is 0. The van der Waals surface area contributed by atoms with Crippen molar-refractivity contribution in [2.75, 3.05) is 6.54 Å². The molecule has 0 radical (unpaired) electrons. The number of hydroxylamine groups is 2. The van der Waals surface area contributed by atoms with Crippen molar-refractivity contribution >= 4 is 11.2 Å². The molecular formula is C16H29NO7. The van der Waals surface area contributed by atoms with Crippen LogP contribution >= 0.6 is 0 Å². The number of rotatable bonds is 5.